The van der Waals surface area contributed by atoms with E-state index in [2.05, 4.69) is 6.92 Å². The van der Waals surface area contributed by atoms with Gasteiger partial charge in [0.05, 0.1) is 6.26 Å². The van der Waals surface area contributed by atoms with E-state index in [1.165, 1.54) is 12.3 Å². The molecule has 2 nitrogen and oxygen atoms in total. The SMILES string of the molecule is CCCC=COC(=O)C=Cc1ccccc1. The summed E-state index contributed by atoms with van der Waals surface area (Å²) in [5, 5.41) is 0. The third kappa shape index (κ3) is 5.15. The largest absolute Gasteiger partial charge is 0.432 e. The molecule has 0 aromatic heterocycles. The zero-order valence-corrected chi connectivity index (χ0v) is 9.43. The van der Waals surface area contributed by atoms with E-state index in [-0.39, 0.29) is 5.97 Å². The van der Waals surface area contributed by atoms with Crippen molar-refractivity contribution >= 4 is 12.0 Å². The van der Waals surface area contributed by atoms with Gasteiger partial charge in [-0.1, -0.05) is 43.7 Å². The van der Waals surface area contributed by atoms with Crippen LogP contribution in [0.3, 0.4) is 0 Å². The molecule has 0 fully saturated rings. The van der Waals surface area contributed by atoms with Gasteiger partial charge in [0.15, 0.2) is 0 Å². The first-order valence-electron chi connectivity index (χ1n) is 5.41. The summed E-state index contributed by atoms with van der Waals surface area (Å²) in [5.74, 6) is -0.351. The molecule has 0 amide bonds. The van der Waals surface area contributed by atoms with E-state index in [0.717, 1.165) is 18.4 Å². The van der Waals surface area contributed by atoms with Gasteiger partial charge >= 0.3 is 5.97 Å². The molecule has 0 aliphatic rings. The highest BCUT2D eigenvalue weighted by Crippen LogP contribution is 2.01. The number of esters is 1. The molecule has 0 bridgehead atoms. The van der Waals surface area contributed by atoms with Crippen molar-refractivity contribution in [3.05, 3.63) is 54.3 Å². The summed E-state index contributed by atoms with van der Waals surface area (Å²) >= 11 is 0. The van der Waals surface area contributed by atoms with Crippen molar-refractivity contribution in [2.24, 2.45) is 0 Å². The van der Waals surface area contributed by atoms with Crippen molar-refractivity contribution in [2.75, 3.05) is 0 Å². The standard InChI is InChI=1S/C14H16O2/c1-2-3-7-12-16-14(15)11-10-13-8-5-4-6-9-13/h4-12H,2-3H2,1H3. The quantitative estimate of drug-likeness (QED) is 0.427. The Kier molecular flexibility index (Phi) is 5.71. The van der Waals surface area contributed by atoms with E-state index in [9.17, 15) is 4.79 Å². The van der Waals surface area contributed by atoms with Gasteiger partial charge in [0.2, 0.25) is 0 Å². The number of rotatable bonds is 5. The first kappa shape index (κ1) is 12.2. The molecule has 0 aliphatic heterocycles. The monoisotopic (exact) mass is 216 g/mol. The zero-order valence-electron chi connectivity index (χ0n) is 9.43. The van der Waals surface area contributed by atoms with Crippen LogP contribution in [0.1, 0.15) is 25.3 Å². The predicted molar refractivity (Wildman–Crippen MR) is 65.6 cm³/mol. The molecular weight excluding hydrogens is 200 g/mol. The van der Waals surface area contributed by atoms with Gasteiger partial charge in [-0.15, -0.1) is 0 Å². The third-order valence-electron chi connectivity index (χ3n) is 1.95. The Hall–Kier alpha value is -1.83. The van der Waals surface area contributed by atoms with Gasteiger partial charge in [-0.2, -0.15) is 0 Å². The van der Waals surface area contributed by atoms with Crippen molar-refractivity contribution in [2.45, 2.75) is 19.8 Å². The number of carbonyl (C=O) groups excluding carboxylic acids is 1. The highest BCUT2D eigenvalue weighted by Gasteiger charge is 1.92. The Bertz CT molecular complexity index is 364. The highest BCUT2D eigenvalue weighted by atomic mass is 16.5. The average molecular weight is 216 g/mol. The van der Waals surface area contributed by atoms with E-state index in [0.29, 0.717) is 0 Å². The molecule has 0 saturated carbocycles. The summed E-state index contributed by atoms with van der Waals surface area (Å²) in [5.41, 5.74) is 0.983. The van der Waals surface area contributed by atoms with Gasteiger partial charge in [0.25, 0.3) is 0 Å². The maximum Gasteiger partial charge on any atom is 0.335 e. The second-order valence-corrected chi connectivity index (χ2v) is 3.34. The number of allylic oxidation sites excluding steroid dienone is 1. The van der Waals surface area contributed by atoms with Crippen LogP contribution in [0.2, 0.25) is 0 Å². The van der Waals surface area contributed by atoms with Gasteiger partial charge < -0.3 is 4.74 Å². The lowest BCUT2D eigenvalue weighted by molar-refractivity contribution is -0.132. The minimum Gasteiger partial charge on any atom is -0.432 e. The lowest BCUT2D eigenvalue weighted by Gasteiger charge is -1.93. The van der Waals surface area contributed by atoms with E-state index < -0.39 is 0 Å². The number of ether oxygens (including phenoxy) is 1. The summed E-state index contributed by atoms with van der Waals surface area (Å²) in [4.78, 5) is 11.2. The van der Waals surface area contributed by atoms with Crippen LogP contribution in [0.5, 0.6) is 0 Å². The molecule has 2 heteroatoms. The van der Waals surface area contributed by atoms with Crippen LogP contribution < -0.4 is 0 Å². The van der Waals surface area contributed by atoms with Crippen molar-refractivity contribution in [3.63, 3.8) is 0 Å². The fraction of sp³-hybridized carbons (Fsp3) is 0.214. The van der Waals surface area contributed by atoms with Crippen molar-refractivity contribution in [3.8, 4) is 0 Å². The smallest absolute Gasteiger partial charge is 0.335 e. The zero-order chi connectivity index (χ0) is 11.6. The Balaban J connectivity index is 2.37. The molecule has 0 spiro atoms. The van der Waals surface area contributed by atoms with Crippen LogP contribution in [0, 0.1) is 0 Å². The third-order valence-corrected chi connectivity index (χ3v) is 1.95. The number of unbranched alkanes of at least 4 members (excludes halogenated alkanes) is 1. The molecule has 1 rings (SSSR count). The fourth-order valence-electron chi connectivity index (χ4n) is 1.12. The fourth-order valence-corrected chi connectivity index (χ4v) is 1.12. The Morgan fingerprint density at radius 2 is 2.06 bits per heavy atom. The molecule has 0 atom stereocenters. The van der Waals surface area contributed by atoms with Gasteiger partial charge in [0.1, 0.15) is 0 Å². The minimum absolute atomic E-state index is 0.351. The molecule has 0 unspecified atom stereocenters. The van der Waals surface area contributed by atoms with Gasteiger partial charge in [0, 0.05) is 6.08 Å². The van der Waals surface area contributed by atoms with Gasteiger partial charge in [-0.3, -0.25) is 0 Å². The summed E-state index contributed by atoms with van der Waals surface area (Å²) < 4.78 is 4.86. The van der Waals surface area contributed by atoms with Crippen molar-refractivity contribution in [1.82, 2.24) is 0 Å². The minimum atomic E-state index is -0.351. The molecule has 1 aromatic carbocycles. The summed E-state index contributed by atoms with van der Waals surface area (Å²) in [6.07, 6.45) is 8.42. The molecule has 0 saturated heterocycles. The Morgan fingerprint density at radius 3 is 2.75 bits per heavy atom. The molecule has 1 aromatic rings. The molecule has 0 radical (unpaired) electrons. The van der Waals surface area contributed by atoms with Gasteiger partial charge in [-0.25, -0.2) is 4.79 Å². The lowest BCUT2D eigenvalue weighted by atomic mass is 10.2. The molecule has 84 valence electrons. The number of carbonyl (C=O) groups is 1. The second kappa shape index (κ2) is 7.46. The molecule has 0 heterocycles. The number of benzene rings is 1. The van der Waals surface area contributed by atoms with Crippen molar-refractivity contribution < 1.29 is 9.53 Å². The second-order valence-electron chi connectivity index (χ2n) is 3.34. The molecule has 16 heavy (non-hydrogen) atoms. The summed E-state index contributed by atoms with van der Waals surface area (Å²) in [6.45, 7) is 2.07. The first-order valence-corrected chi connectivity index (χ1v) is 5.41. The maximum atomic E-state index is 11.2. The topological polar surface area (TPSA) is 26.3 Å². The maximum absolute atomic E-state index is 11.2. The summed E-state index contributed by atoms with van der Waals surface area (Å²) in [7, 11) is 0. The number of hydrogen-bond donors (Lipinski definition) is 0. The molecular formula is C14H16O2. The van der Waals surface area contributed by atoms with E-state index >= 15 is 0 Å². The van der Waals surface area contributed by atoms with Crippen LogP contribution >= 0.6 is 0 Å². The molecule has 0 aliphatic carbocycles. The van der Waals surface area contributed by atoms with E-state index in [1.807, 2.05) is 36.4 Å². The van der Waals surface area contributed by atoms with Crippen LogP contribution in [0.25, 0.3) is 6.08 Å². The van der Waals surface area contributed by atoms with Crippen molar-refractivity contribution in [1.29, 1.82) is 0 Å². The van der Waals surface area contributed by atoms with Gasteiger partial charge in [-0.05, 0) is 24.1 Å². The predicted octanol–water partition coefficient (Wildman–Crippen LogP) is 3.56. The number of hydrogen-bond acceptors (Lipinski definition) is 2. The first-order chi connectivity index (χ1) is 7.83. The van der Waals surface area contributed by atoms with Crippen LogP contribution in [0.15, 0.2) is 48.7 Å². The highest BCUT2D eigenvalue weighted by molar-refractivity contribution is 5.87. The van der Waals surface area contributed by atoms with E-state index in [1.54, 1.807) is 6.08 Å². The van der Waals surface area contributed by atoms with Crippen LogP contribution in [-0.4, -0.2) is 5.97 Å². The lowest BCUT2D eigenvalue weighted by Crippen LogP contribution is -1.92. The van der Waals surface area contributed by atoms with E-state index in [4.69, 9.17) is 4.74 Å². The summed E-state index contributed by atoms with van der Waals surface area (Å²) in [6, 6.07) is 9.63. The Morgan fingerprint density at radius 1 is 1.31 bits per heavy atom. The van der Waals surface area contributed by atoms with Crippen LogP contribution in [-0.2, 0) is 9.53 Å². The molecule has 0 N–H and O–H groups in total. The average Bonchev–Trinajstić information content (AvgIpc) is 2.33. The Labute approximate surface area is 96.2 Å². The van der Waals surface area contributed by atoms with Crippen LogP contribution in [0.4, 0.5) is 0 Å². The normalized spacial score (nSPS) is 11.1.